The first-order valence-corrected chi connectivity index (χ1v) is 8.36. The van der Waals surface area contributed by atoms with Gasteiger partial charge in [0.05, 0.1) is 11.7 Å². The Labute approximate surface area is 126 Å². The van der Waals surface area contributed by atoms with E-state index in [2.05, 4.69) is 10.3 Å². The van der Waals surface area contributed by atoms with Gasteiger partial charge in [-0.25, -0.2) is 0 Å². The predicted molar refractivity (Wildman–Crippen MR) is 81.4 cm³/mol. The van der Waals surface area contributed by atoms with Crippen molar-refractivity contribution < 1.29 is 4.79 Å². The Morgan fingerprint density at radius 2 is 1.81 bits per heavy atom. The minimum atomic E-state index is -0.0577. The molecule has 21 heavy (non-hydrogen) atoms. The van der Waals surface area contributed by atoms with Crippen LogP contribution in [0.4, 0.5) is 0 Å². The molecule has 0 spiro atoms. The normalized spacial score (nSPS) is 38.2. The highest BCUT2D eigenvalue weighted by atomic mass is 16.2. The highest BCUT2D eigenvalue weighted by molar-refractivity contribution is 5.83. The van der Waals surface area contributed by atoms with Gasteiger partial charge in [-0.3, -0.25) is 9.78 Å². The lowest BCUT2D eigenvalue weighted by Gasteiger charge is -2.55. The first-order valence-electron chi connectivity index (χ1n) is 8.36. The summed E-state index contributed by atoms with van der Waals surface area (Å²) in [5.41, 5.74) is 0.896. The maximum Gasteiger partial charge on any atom is 0.226 e. The Morgan fingerprint density at radius 3 is 2.33 bits per heavy atom. The topological polar surface area (TPSA) is 42.0 Å². The number of nitrogens with zero attached hydrogens (tertiary/aromatic N) is 1. The van der Waals surface area contributed by atoms with Crippen LogP contribution in [-0.2, 0) is 4.79 Å². The first kappa shape index (κ1) is 13.3. The molecule has 1 heterocycles. The van der Waals surface area contributed by atoms with Crippen LogP contribution in [0.25, 0.3) is 0 Å². The number of carbonyl (C=O) groups is 1. The van der Waals surface area contributed by atoms with Crippen molar-refractivity contribution in [3.63, 3.8) is 0 Å². The Hall–Kier alpha value is -1.38. The summed E-state index contributed by atoms with van der Waals surface area (Å²) in [4.78, 5) is 17.3. The number of aromatic nitrogens is 1. The van der Waals surface area contributed by atoms with Crippen LogP contribution < -0.4 is 5.32 Å². The molecule has 0 radical (unpaired) electrons. The number of amides is 1. The van der Waals surface area contributed by atoms with Crippen molar-refractivity contribution in [3.8, 4) is 0 Å². The monoisotopic (exact) mass is 284 g/mol. The van der Waals surface area contributed by atoms with Crippen molar-refractivity contribution in [2.75, 3.05) is 0 Å². The molecule has 0 aliphatic heterocycles. The maximum atomic E-state index is 12.9. The van der Waals surface area contributed by atoms with E-state index in [9.17, 15) is 4.79 Å². The fourth-order valence-corrected chi connectivity index (χ4v) is 5.44. The Balaban J connectivity index is 1.50. The highest BCUT2D eigenvalue weighted by Gasteiger charge is 2.54. The van der Waals surface area contributed by atoms with Crippen LogP contribution in [0.1, 0.15) is 57.2 Å². The Bertz CT molecular complexity index is 504. The van der Waals surface area contributed by atoms with E-state index in [-0.39, 0.29) is 11.5 Å². The lowest BCUT2D eigenvalue weighted by Crippen LogP contribution is -2.53. The van der Waals surface area contributed by atoms with Crippen molar-refractivity contribution in [3.05, 3.63) is 30.1 Å². The van der Waals surface area contributed by atoms with Gasteiger partial charge in [0.25, 0.3) is 0 Å². The third kappa shape index (κ3) is 2.27. The van der Waals surface area contributed by atoms with Gasteiger partial charge in [0, 0.05) is 11.6 Å². The zero-order chi connectivity index (χ0) is 14.4. The van der Waals surface area contributed by atoms with Crippen LogP contribution in [0.5, 0.6) is 0 Å². The van der Waals surface area contributed by atoms with E-state index in [0.29, 0.717) is 5.91 Å². The minimum absolute atomic E-state index is 0.00621. The van der Waals surface area contributed by atoms with Gasteiger partial charge in [0.15, 0.2) is 0 Å². The second-order valence-corrected chi connectivity index (χ2v) is 7.65. The van der Waals surface area contributed by atoms with Crippen LogP contribution in [0.15, 0.2) is 24.4 Å². The Kier molecular flexibility index (Phi) is 3.05. The first-order chi connectivity index (χ1) is 10.1. The van der Waals surface area contributed by atoms with Gasteiger partial charge in [0.1, 0.15) is 0 Å². The van der Waals surface area contributed by atoms with Gasteiger partial charge in [-0.15, -0.1) is 0 Å². The molecular formula is C18H24N2O. The van der Waals surface area contributed by atoms with Gasteiger partial charge in [-0.05, 0) is 75.3 Å². The van der Waals surface area contributed by atoms with E-state index < -0.39 is 0 Å². The SMILES string of the molecule is CC(NC(=O)C12CC3CC(CC(C3)C1)C2)c1ccccn1. The second kappa shape index (κ2) is 4.82. The number of rotatable bonds is 3. The van der Waals surface area contributed by atoms with Crippen LogP contribution >= 0.6 is 0 Å². The van der Waals surface area contributed by atoms with E-state index in [1.807, 2.05) is 25.1 Å². The van der Waals surface area contributed by atoms with E-state index in [0.717, 1.165) is 42.7 Å². The third-order valence-electron chi connectivity index (χ3n) is 6.00. The number of hydrogen-bond donors (Lipinski definition) is 1. The number of pyridine rings is 1. The standard InChI is InChI=1S/C18H24N2O/c1-12(16-4-2-3-5-19-16)20-17(21)18-9-13-6-14(10-18)8-15(7-13)11-18/h2-5,12-15H,6-11H2,1H3,(H,20,21). The van der Waals surface area contributed by atoms with Crippen molar-refractivity contribution in [1.82, 2.24) is 10.3 Å². The molecule has 0 aromatic carbocycles. The van der Waals surface area contributed by atoms with Crippen LogP contribution in [0.3, 0.4) is 0 Å². The van der Waals surface area contributed by atoms with Crippen LogP contribution in [0.2, 0.25) is 0 Å². The largest absolute Gasteiger partial charge is 0.348 e. The summed E-state index contributed by atoms with van der Waals surface area (Å²) in [6.07, 6.45) is 9.30. The summed E-state index contributed by atoms with van der Waals surface area (Å²) in [6, 6.07) is 5.89. The summed E-state index contributed by atoms with van der Waals surface area (Å²) >= 11 is 0. The molecule has 1 N–H and O–H groups in total. The molecule has 1 amide bonds. The van der Waals surface area contributed by atoms with Crippen molar-refractivity contribution in [2.45, 2.75) is 51.5 Å². The average molecular weight is 284 g/mol. The smallest absolute Gasteiger partial charge is 0.226 e. The van der Waals surface area contributed by atoms with E-state index in [1.165, 1.54) is 19.3 Å². The summed E-state index contributed by atoms with van der Waals surface area (Å²) < 4.78 is 0. The summed E-state index contributed by atoms with van der Waals surface area (Å²) in [5.74, 6) is 2.73. The molecule has 0 saturated heterocycles. The van der Waals surface area contributed by atoms with E-state index >= 15 is 0 Å². The van der Waals surface area contributed by atoms with Crippen LogP contribution in [-0.4, -0.2) is 10.9 Å². The molecular weight excluding hydrogens is 260 g/mol. The number of nitrogens with one attached hydrogen (secondary N) is 1. The average Bonchev–Trinajstić information content (AvgIpc) is 2.46. The molecule has 4 fully saturated rings. The van der Waals surface area contributed by atoms with Gasteiger partial charge < -0.3 is 5.32 Å². The predicted octanol–water partition coefficient (Wildman–Crippen LogP) is 3.48. The van der Waals surface area contributed by atoms with Gasteiger partial charge >= 0.3 is 0 Å². The Morgan fingerprint density at radius 1 is 1.19 bits per heavy atom. The molecule has 1 aromatic rings. The van der Waals surface area contributed by atoms with E-state index in [1.54, 1.807) is 6.20 Å². The second-order valence-electron chi connectivity index (χ2n) is 7.65. The molecule has 3 nitrogen and oxygen atoms in total. The fourth-order valence-electron chi connectivity index (χ4n) is 5.44. The molecule has 4 saturated carbocycles. The summed E-state index contributed by atoms with van der Waals surface area (Å²) in [5, 5.41) is 3.25. The lowest BCUT2D eigenvalue weighted by molar-refractivity contribution is -0.147. The summed E-state index contributed by atoms with van der Waals surface area (Å²) in [7, 11) is 0. The van der Waals surface area contributed by atoms with Gasteiger partial charge in [-0.1, -0.05) is 6.07 Å². The fraction of sp³-hybridized carbons (Fsp3) is 0.667. The highest BCUT2D eigenvalue weighted by Crippen LogP contribution is 2.60. The third-order valence-corrected chi connectivity index (χ3v) is 6.00. The molecule has 1 atom stereocenters. The molecule has 112 valence electrons. The maximum absolute atomic E-state index is 12.9. The van der Waals surface area contributed by atoms with Crippen molar-refractivity contribution >= 4 is 5.91 Å². The zero-order valence-electron chi connectivity index (χ0n) is 12.7. The molecule has 1 unspecified atom stereocenters. The molecule has 3 heteroatoms. The number of carbonyl (C=O) groups excluding carboxylic acids is 1. The van der Waals surface area contributed by atoms with Crippen molar-refractivity contribution in [2.24, 2.45) is 23.2 Å². The molecule has 1 aromatic heterocycles. The minimum Gasteiger partial charge on any atom is -0.348 e. The molecule has 4 aliphatic carbocycles. The molecule has 5 rings (SSSR count). The van der Waals surface area contributed by atoms with Gasteiger partial charge in [-0.2, -0.15) is 0 Å². The lowest BCUT2D eigenvalue weighted by atomic mass is 9.49. The van der Waals surface area contributed by atoms with Crippen LogP contribution in [0, 0.1) is 23.2 Å². The van der Waals surface area contributed by atoms with Crippen molar-refractivity contribution in [1.29, 1.82) is 0 Å². The molecule has 4 aliphatic rings. The van der Waals surface area contributed by atoms with Gasteiger partial charge in [0.2, 0.25) is 5.91 Å². The number of hydrogen-bond acceptors (Lipinski definition) is 2. The zero-order valence-corrected chi connectivity index (χ0v) is 12.7. The molecule has 4 bridgehead atoms. The van der Waals surface area contributed by atoms with E-state index in [4.69, 9.17) is 0 Å². The summed E-state index contributed by atoms with van der Waals surface area (Å²) in [6.45, 7) is 2.04. The quantitative estimate of drug-likeness (QED) is 0.923.